The van der Waals surface area contributed by atoms with Gasteiger partial charge in [0.15, 0.2) is 5.78 Å². The van der Waals surface area contributed by atoms with Crippen molar-refractivity contribution >= 4 is 17.5 Å². The van der Waals surface area contributed by atoms with E-state index in [0.717, 1.165) is 36.5 Å². The Kier molecular flexibility index (Phi) is 7.64. The summed E-state index contributed by atoms with van der Waals surface area (Å²) in [6.07, 6.45) is 20.8. The molecule has 0 amide bonds. The van der Waals surface area contributed by atoms with Gasteiger partial charge >= 0.3 is 0 Å². The molecule has 0 radical (unpaired) electrons. The predicted molar refractivity (Wildman–Crippen MR) is 145 cm³/mol. The summed E-state index contributed by atoms with van der Waals surface area (Å²) >= 11 is 2.00. The summed E-state index contributed by atoms with van der Waals surface area (Å²) in [4.78, 5) is 13.8. The first-order valence-electron chi connectivity index (χ1n) is 14.4. The predicted octanol–water partition coefficient (Wildman–Crippen LogP) is 9.27. The molecule has 0 aliphatic heterocycles. The third-order valence-corrected chi connectivity index (χ3v) is 11.7. The number of carbonyl (C=O) groups excluding carboxylic acids is 1. The highest BCUT2D eigenvalue weighted by molar-refractivity contribution is 7.99. The fraction of sp³-hybridized carbons (Fsp3) is 0.719. The first-order chi connectivity index (χ1) is 16.5. The van der Waals surface area contributed by atoms with E-state index in [1.165, 1.54) is 87.7 Å². The van der Waals surface area contributed by atoms with Gasteiger partial charge in [-0.1, -0.05) is 69.7 Å². The minimum absolute atomic E-state index is 0.315. The number of ketones is 1. The van der Waals surface area contributed by atoms with Crippen molar-refractivity contribution in [3.63, 3.8) is 0 Å². The van der Waals surface area contributed by atoms with Crippen LogP contribution in [0, 0.1) is 34.5 Å². The van der Waals surface area contributed by atoms with Crippen LogP contribution in [-0.4, -0.2) is 11.5 Å². The minimum atomic E-state index is 0.315. The largest absolute Gasteiger partial charge is 0.295 e. The second-order valence-electron chi connectivity index (χ2n) is 12.6. The molecule has 1 aromatic carbocycles. The van der Waals surface area contributed by atoms with Crippen molar-refractivity contribution in [1.82, 2.24) is 0 Å². The Labute approximate surface area is 212 Å². The number of benzene rings is 1. The van der Waals surface area contributed by atoms with Crippen LogP contribution in [0.4, 0.5) is 0 Å². The second kappa shape index (κ2) is 10.5. The van der Waals surface area contributed by atoms with Crippen LogP contribution in [0.15, 0.2) is 46.9 Å². The Balaban J connectivity index is 1.15. The molecule has 0 saturated heterocycles. The third-order valence-electron chi connectivity index (χ3n) is 10.6. The fourth-order valence-electron chi connectivity index (χ4n) is 8.73. The second-order valence-corrected chi connectivity index (χ2v) is 13.8. The molecule has 0 aromatic heterocycles. The van der Waals surface area contributed by atoms with Gasteiger partial charge in [0, 0.05) is 11.3 Å². The molecule has 1 aromatic rings. The number of rotatable bonds is 9. The average molecular weight is 479 g/mol. The van der Waals surface area contributed by atoms with Crippen molar-refractivity contribution < 1.29 is 4.79 Å². The van der Waals surface area contributed by atoms with E-state index < -0.39 is 0 Å². The zero-order valence-corrected chi connectivity index (χ0v) is 22.5. The van der Waals surface area contributed by atoms with Crippen LogP contribution >= 0.6 is 11.8 Å². The molecule has 0 N–H and O–H groups in total. The van der Waals surface area contributed by atoms with Crippen molar-refractivity contribution in [2.75, 3.05) is 5.75 Å². The van der Waals surface area contributed by atoms with Gasteiger partial charge in [-0.3, -0.25) is 4.79 Å². The number of carbonyl (C=O) groups is 1. The normalized spacial score (nSPS) is 37.0. The lowest BCUT2D eigenvalue weighted by Gasteiger charge is -2.60. The molecule has 186 valence electrons. The van der Waals surface area contributed by atoms with Crippen molar-refractivity contribution in [3.05, 3.63) is 42.0 Å². The standard InChI is InChI=1S/C32H46OS/c1-31-18-11-15-28(31)30-24(12-7-4-3-5-10-21-34-27-13-8-6-9-14-27)22-25-23-26(33)16-20-32(25,2)29(30)17-19-31/h6,8-9,13-14,23-24,28-30H,3-5,7,10-12,15-22H2,1-2H3/t24?,28-,29+,30-,31-,32-/m0/s1. The van der Waals surface area contributed by atoms with Gasteiger partial charge in [0.05, 0.1) is 0 Å². The Hall–Kier alpha value is -1.02. The molecule has 5 rings (SSSR count). The van der Waals surface area contributed by atoms with Crippen molar-refractivity contribution in [3.8, 4) is 0 Å². The summed E-state index contributed by atoms with van der Waals surface area (Å²) in [5.74, 6) is 5.17. The number of thioether (sulfide) groups is 1. The molecule has 6 atom stereocenters. The molecule has 0 bridgehead atoms. The van der Waals surface area contributed by atoms with Crippen LogP contribution in [0.2, 0.25) is 0 Å². The van der Waals surface area contributed by atoms with E-state index in [2.05, 4.69) is 50.3 Å². The zero-order valence-electron chi connectivity index (χ0n) is 21.7. The van der Waals surface area contributed by atoms with Gasteiger partial charge < -0.3 is 0 Å². The van der Waals surface area contributed by atoms with Crippen molar-refractivity contribution in [1.29, 1.82) is 0 Å². The van der Waals surface area contributed by atoms with E-state index in [4.69, 9.17) is 0 Å². The highest BCUT2D eigenvalue weighted by Crippen LogP contribution is 2.67. The SMILES string of the molecule is C[C@@]12CCC[C@H]1[C@@H]1C(CCCCCCCSc3ccccc3)CC3=CC(=O)CC[C@]3(C)[C@@H]1CC2. The molecule has 4 aliphatic carbocycles. The van der Waals surface area contributed by atoms with Gasteiger partial charge in [-0.25, -0.2) is 0 Å². The summed E-state index contributed by atoms with van der Waals surface area (Å²) in [7, 11) is 0. The van der Waals surface area contributed by atoms with Gasteiger partial charge in [0.2, 0.25) is 0 Å². The first kappa shape index (κ1) is 24.7. The van der Waals surface area contributed by atoms with Crippen molar-refractivity contribution in [2.45, 2.75) is 109 Å². The molecule has 2 heteroatoms. The summed E-state index contributed by atoms with van der Waals surface area (Å²) in [6.45, 7) is 5.17. The van der Waals surface area contributed by atoms with Crippen LogP contribution in [0.1, 0.15) is 104 Å². The zero-order chi connectivity index (χ0) is 23.6. The van der Waals surface area contributed by atoms with Crippen LogP contribution < -0.4 is 0 Å². The lowest BCUT2D eigenvalue weighted by molar-refractivity contribution is -0.118. The topological polar surface area (TPSA) is 17.1 Å². The van der Waals surface area contributed by atoms with Gasteiger partial charge in [0.25, 0.3) is 0 Å². The van der Waals surface area contributed by atoms with Crippen LogP contribution in [0.25, 0.3) is 0 Å². The maximum atomic E-state index is 12.4. The summed E-state index contributed by atoms with van der Waals surface area (Å²) in [6, 6.07) is 10.8. The molecular formula is C32H46OS. The Bertz CT molecular complexity index is 874. The molecule has 34 heavy (non-hydrogen) atoms. The van der Waals surface area contributed by atoms with Gasteiger partial charge in [0.1, 0.15) is 0 Å². The van der Waals surface area contributed by atoms with E-state index in [-0.39, 0.29) is 0 Å². The maximum absolute atomic E-state index is 12.4. The lowest BCUT2D eigenvalue weighted by atomic mass is 9.45. The maximum Gasteiger partial charge on any atom is 0.155 e. The van der Waals surface area contributed by atoms with E-state index >= 15 is 0 Å². The van der Waals surface area contributed by atoms with Crippen LogP contribution in [-0.2, 0) is 4.79 Å². The summed E-state index contributed by atoms with van der Waals surface area (Å²) in [5, 5.41) is 0. The number of hydrogen-bond acceptors (Lipinski definition) is 2. The first-order valence-corrected chi connectivity index (χ1v) is 15.4. The lowest BCUT2D eigenvalue weighted by Crippen LogP contribution is -2.52. The number of fused-ring (bicyclic) bond motifs is 5. The molecule has 1 nitrogen and oxygen atoms in total. The Morgan fingerprint density at radius 1 is 0.912 bits per heavy atom. The van der Waals surface area contributed by atoms with Gasteiger partial charge in [-0.2, -0.15) is 0 Å². The molecule has 1 unspecified atom stereocenters. The quantitative estimate of drug-likeness (QED) is 0.260. The van der Waals surface area contributed by atoms with Crippen LogP contribution in [0.5, 0.6) is 0 Å². The Morgan fingerprint density at radius 2 is 1.71 bits per heavy atom. The average Bonchev–Trinajstić information content (AvgIpc) is 3.24. The fourth-order valence-corrected chi connectivity index (χ4v) is 9.67. The number of allylic oxidation sites excluding steroid dienone is 1. The molecule has 4 aliphatic rings. The third kappa shape index (κ3) is 4.95. The Morgan fingerprint density at radius 3 is 2.56 bits per heavy atom. The van der Waals surface area contributed by atoms with E-state index in [1.54, 1.807) is 5.57 Å². The van der Waals surface area contributed by atoms with Crippen LogP contribution in [0.3, 0.4) is 0 Å². The highest BCUT2D eigenvalue weighted by Gasteiger charge is 2.58. The van der Waals surface area contributed by atoms with Crippen molar-refractivity contribution in [2.24, 2.45) is 34.5 Å². The highest BCUT2D eigenvalue weighted by atomic mass is 32.2. The van der Waals surface area contributed by atoms with E-state index in [1.807, 2.05) is 11.8 Å². The van der Waals surface area contributed by atoms with E-state index in [0.29, 0.717) is 16.6 Å². The molecular weight excluding hydrogens is 432 g/mol. The smallest absolute Gasteiger partial charge is 0.155 e. The molecule has 0 spiro atoms. The molecule has 3 saturated carbocycles. The summed E-state index contributed by atoms with van der Waals surface area (Å²) in [5.41, 5.74) is 2.47. The minimum Gasteiger partial charge on any atom is -0.295 e. The number of hydrogen-bond donors (Lipinski definition) is 0. The molecule has 0 heterocycles. The van der Waals surface area contributed by atoms with Gasteiger partial charge in [-0.15, -0.1) is 11.8 Å². The van der Waals surface area contributed by atoms with E-state index in [9.17, 15) is 4.79 Å². The monoisotopic (exact) mass is 478 g/mol. The van der Waals surface area contributed by atoms with Gasteiger partial charge in [-0.05, 0) is 110 Å². The number of unbranched alkanes of at least 4 members (excludes halogenated alkanes) is 4. The molecule has 3 fully saturated rings. The summed E-state index contributed by atoms with van der Waals surface area (Å²) < 4.78 is 0.